The maximum Gasteiger partial charge on any atom is 0.127 e. The summed E-state index contributed by atoms with van der Waals surface area (Å²) in [6.45, 7) is 0.185. The van der Waals surface area contributed by atoms with Gasteiger partial charge in [0.05, 0.1) is 11.9 Å². The van der Waals surface area contributed by atoms with Crippen LogP contribution in [0.5, 0.6) is 0 Å². The third-order valence-electron chi connectivity index (χ3n) is 2.28. The molecule has 2 rings (SSSR count). The van der Waals surface area contributed by atoms with Gasteiger partial charge < -0.3 is 5.73 Å². The summed E-state index contributed by atoms with van der Waals surface area (Å²) < 4.78 is 14.8. The molecule has 0 aliphatic heterocycles. The van der Waals surface area contributed by atoms with Gasteiger partial charge in [-0.25, -0.2) is 9.07 Å². The standard InChI is InChI=1S/C10H11FN4/c1-15-10(6-13-14-15)7-2-3-9(11)8(4-7)5-12/h2-4,6H,5,12H2,1H3. The molecule has 0 unspecified atom stereocenters. The molecule has 0 saturated heterocycles. The number of nitrogens with two attached hydrogens (primary N) is 1. The summed E-state index contributed by atoms with van der Waals surface area (Å²) >= 11 is 0. The van der Waals surface area contributed by atoms with Crippen LogP contribution in [0.25, 0.3) is 11.3 Å². The molecule has 0 amide bonds. The van der Waals surface area contributed by atoms with Gasteiger partial charge in [-0.1, -0.05) is 5.21 Å². The van der Waals surface area contributed by atoms with Crippen LogP contribution in [0.3, 0.4) is 0 Å². The molecule has 2 aromatic rings. The van der Waals surface area contributed by atoms with Crippen LogP contribution in [-0.2, 0) is 13.6 Å². The molecular formula is C10H11FN4. The fraction of sp³-hybridized carbons (Fsp3) is 0.200. The molecule has 0 fully saturated rings. The van der Waals surface area contributed by atoms with E-state index < -0.39 is 0 Å². The average Bonchev–Trinajstić information content (AvgIpc) is 2.65. The highest BCUT2D eigenvalue weighted by molar-refractivity contribution is 5.59. The van der Waals surface area contributed by atoms with Crippen LogP contribution in [0.2, 0.25) is 0 Å². The van der Waals surface area contributed by atoms with E-state index in [0.29, 0.717) is 5.56 Å². The third kappa shape index (κ3) is 1.73. The molecular weight excluding hydrogens is 195 g/mol. The van der Waals surface area contributed by atoms with E-state index in [2.05, 4.69) is 10.3 Å². The lowest BCUT2D eigenvalue weighted by Crippen LogP contribution is -2.01. The lowest BCUT2D eigenvalue weighted by atomic mass is 10.1. The lowest BCUT2D eigenvalue weighted by Gasteiger charge is -2.04. The Labute approximate surface area is 86.5 Å². The maximum absolute atomic E-state index is 13.2. The Morgan fingerprint density at radius 3 is 2.87 bits per heavy atom. The van der Waals surface area contributed by atoms with E-state index in [1.54, 1.807) is 30.1 Å². The Morgan fingerprint density at radius 1 is 1.47 bits per heavy atom. The first kappa shape index (κ1) is 9.79. The SMILES string of the molecule is Cn1nncc1-c1ccc(F)c(CN)c1. The Morgan fingerprint density at radius 2 is 2.27 bits per heavy atom. The number of aromatic nitrogens is 3. The number of halogens is 1. The predicted octanol–water partition coefficient (Wildman–Crippen LogP) is 1.08. The second kappa shape index (κ2) is 3.78. The average molecular weight is 206 g/mol. The molecule has 0 bridgehead atoms. The molecule has 1 heterocycles. The Bertz CT molecular complexity index is 478. The van der Waals surface area contributed by atoms with Crippen molar-refractivity contribution < 1.29 is 4.39 Å². The zero-order valence-electron chi connectivity index (χ0n) is 8.31. The van der Waals surface area contributed by atoms with E-state index in [9.17, 15) is 4.39 Å². The van der Waals surface area contributed by atoms with Crippen molar-refractivity contribution in [2.75, 3.05) is 0 Å². The van der Waals surface area contributed by atoms with Crippen LogP contribution >= 0.6 is 0 Å². The minimum absolute atomic E-state index is 0.185. The second-order valence-corrected chi connectivity index (χ2v) is 3.25. The molecule has 1 aromatic carbocycles. The number of nitrogens with zero attached hydrogens (tertiary/aromatic N) is 3. The van der Waals surface area contributed by atoms with Gasteiger partial charge in [0.15, 0.2) is 0 Å². The molecule has 2 N–H and O–H groups in total. The van der Waals surface area contributed by atoms with Gasteiger partial charge in [0.1, 0.15) is 5.82 Å². The predicted molar refractivity (Wildman–Crippen MR) is 54.3 cm³/mol. The van der Waals surface area contributed by atoms with E-state index in [1.165, 1.54) is 6.07 Å². The summed E-state index contributed by atoms with van der Waals surface area (Å²) in [5, 5.41) is 7.58. The first-order valence-electron chi connectivity index (χ1n) is 4.56. The molecule has 0 aliphatic rings. The number of aryl methyl sites for hydroxylation is 1. The van der Waals surface area contributed by atoms with Gasteiger partial charge in [-0.15, -0.1) is 5.10 Å². The van der Waals surface area contributed by atoms with Crippen LogP contribution in [0, 0.1) is 5.82 Å². The molecule has 1 aromatic heterocycles. The van der Waals surface area contributed by atoms with Crippen molar-refractivity contribution >= 4 is 0 Å². The summed E-state index contributed by atoms with van der Waals surface area (Å²) in [6, 6.07) is 4.81. The van der Waals surface area contributed by atoms with Crippen molar-refractivity contribution in [2.24, 2.45) is 12.8 Å². The largest absolute Gasteiger partial charge is 0.326 e. The van der Waals surface area contributed by atoms with Gasteiger partial charge in [-0.2, -0.15) is 0 Å². The fourth-order valence-electron chi connectivity index (χ4n) is 1.44. The summed E-state index contributed by atoms with van der Waals surface area (Å²) in [4.78, 5) is 0. The van der Waals surface area contributed by atoms with E-state index in [1.807, 2.05) is 0 Å². The number of rotatable bonds is 2. The van der Waals surface area contributed by atoms with Gasteiger partial charge in [0, 0.05) is 24.7 Å². The van der Waals surface area contributed by atoms with E-state index in [-0.39, 0.29) is 12.4 Å². The highest BCUT2D eigenvalue weighted by Crippen LogP contribution is 2.20. The molecule has 0 atom stereocenters. The van der Waals surface area contributed by atoms with Gasteiger partial charge in [0.2, 0.25) is 0 Å². The normalized spacial score (nSPS) is 10.6. The Kier molecular flexibility index (Phi) is 2.47. The fourth-order valence-corrected chi connectivity index (χ4v) is 1.44. The lowest BCUT2D eigenvalue weighted by molar-refractivity contribution is 0.610. The first-order chi connectivity index (χ1) is 7.22. The highest BCUT2D eigenvalue weighted by atomic mass is 19.1. The number of hydrogen-bond donors (Lipinski definition) is 1. The minimum atomic E-state index is -0.281. The Balaban J connectivity index is 2.51. The minimum Gasteiger partial charge on any atom is -0.326 e. The van der Waals surface area contributed by atoms with E-state index >= 15 is 0 Å². The van der Waals surface area contributed by atoms with Crippen molar-refractivity contribution in [1.29, 1.82) is 0 Å². The van der Waals surface area contributed by atoms with E-state index in [0.717, 1.165) is 11.3 Å². The van der Waals surface area contributed by atoms with Crippen molar-refractivity contribution in [2.45, 2.75) is 6.54 Å². The van der Waals surface area contributed by atoms with E-state index in [4.69, 9.17) is 5.73 Å². The van der Waals surface area contributed by atoms with Crippen molar-refractivity contribution in [3.8, 4) is 11.3 Å². The molecule has 15 heavy (non-hydrogen) atoms. The van der Waals surface area contributed by atoms with Gasteiger partial charge in [0.25, 0.3) is 0 Å². The van der Waals surface area contributed by atoms with Crippen LogP contribution in [0.15, 0.2) is 24.4 Å². The zero-order chi connectivity index (χ0) is 10.8. The molecule has 0 spiro atoms. The van der Waals surface area contributed by atoms with Gasteiger partial charge in [-0.3, -0.25) is 0 Å². The summed E-state index contributed by atoms with van der Waals surface area (Å²) in [7, 11) is 1.79. The summed E-state index contributed by atoms with van der Waals surface area (Å²) in [5.74, 6) is -0.281. The monoisotopic (exact) mass is 206 g/mol. The number of benzene rings is 1. The zero-order valence-corrected chi connectivity index (χ0v) is 8.31. The maximum atomic E-state index is 13.2. The van der Waals surface area contributed by atoms with Crippen LogP contribution in [-0.4, -0.2) is 15.0 Å². The van der Waals surface area contributed by atoms with Gasteiger partial charge in [-0.05, 0) is 18.2 Å². The van der Waals surface area contributed by atoms with Crippen LogP contribution in [0.4, 0.5) is 4.39 Å². The summed E-state index contributed by atoms with van der Waals surface area (Å²) in [6.07, 6.45) is 1.63. The number of hydrogen-bond acceptors (Lipinski definition) is 3. The molecule has 78 valence electrons. The van der Waals surface area contributed by atoms with Crippen LogP contribution in [0.1, 0.15) is 5.56 Å². The topological polar surface area (TPSA) is 56.7 Å². The highest BCUT2D eigenvalue weighted by Gasteiger charge is 2.06. The molecule has 0 radical (unpaired) electrons. The molecule has 0 saturated carbocycles. The third-order valence-corrected chi connectivity index (χ3v) is 2.28. The van der Waals surface area contributed by atoms with Gasteiger partial charge >= 0.3 is 0 Å². The molecule has 4 nitrogen and oxygen atoms in total. The van der Waals surface area contributed by atoms with Crippen molar-refractivity contribution in [1.82, 2.24) is 15.0 Å². The Hall–Kier alpha value is -1.75. The molecule has 5 heteroatoms. The summed E-state index contributed by atoms with van der Waals surface area (Å²) in [5.41, 5.74) is 7.63. The first-order valence-corrected chi connectivity index (χ1v) is 4.56. The van der Waals surface area contributed by atoms with Crippen molar-refractivity contribution in [3.05, 3.63) is 35.8 Å². The van der Waals surface area contributed by atoms with Crippen LogP contribution < -0.4 is 5.73 Å². The smallest absolute Gasteiger partial charge is 0.127 e. The second-order valence-electron chi connectivity index (χ2n) is 3.25. The molecule has 0 aliphatic carbocycles. The quantitative estimate of drug-likeness (QED) is 0.799. The van der Waals surface area contributed by atoms with Crippen molar-refractivity contribution in [3.63, 3.8) is 0 Å².